The molecule has 144 valence electrons. The summed E-state index contributed by atoms with van der Waals surface area (Å²) in [5.41, 5.74) is 3.65. The highest BCUT2D eigenvalue weighted by atomic mass is 16.7. The lowest BCUT2D eigenvalue weighted by Crippen LogP contribution is -2.41. The van der Waals surface area contributed by atoms with Crippen LogP contribution < -0.4 is 5.46 Å². The average molecular weight is 384 g/mol. The highest BCUT2D eigenvalue weighted by Gasteiger charge is 2.51. The Balaban J connectivity index is 1.55. The van der Waals surface area contributed by atoms with Crippen LogP contribution in [0.4, 0.5) is 0 Å². The lowest BCUT2D eigenvalue weighted by molar-refractivity contribution is 0.00578. The molecule has 3 heterocycles. The van der Waals surface area contributed by atoms with Crippen molar-refractivity contribution in [3.05, 3.63) is 54.6 Å². The Morgan fingerprint density at radius 1 is 0.586 bits per heavy atom. The van der Waals surface area contributed by atoms with Gasteiger partial charge in [-0.3, -0.25) is 0 Å². The maximum Gasteiger partial charge on any atom is 0.494 e. The van der Waals surface area contributed by atoms with Gasteiger partial charge >= 0.3 is 7.12 Å². The molecule has 0 N–H and O–H groups in total. The Morgan fingerprint density at radius 2 is 1.17 bits per heavy atom. The normalized spacial score (nSPS) is 18.6. The fourth-order valence-corrected chi connectivity index (χ4v) is 4.14. The Labute approximate surface area is 168 Å². The summed E-state index contributed by atoms with van der Waals surface area (Å²) < 4.78 is 24.6. The van der Waals surface area contributed by atoms with E-state index in [1.807, 2.05) is 36.4 Å². The molecule has 1 saturated heterocycles. The van der Waals surface area contributed by atoms with Crippen LogP contribution in [0.5, 0.6) is 0 Å². The van der Waals surface area contributed by atoms with Gasteiger partial charge in [0.15, 0.2) is 0 Å². The topological polar surface area (TPSA) is 44.7 Å². The first-order chi connectivity index (χ1) is 13.8. The van der Waals surface area contributed by atoms with Crippen molar-refractivity contribution in [3.63, 3.8) is 0 Å². The Morgan fingerprint density at radius 3 is 1.90 bits per heavy atom. The maximum absolute atomic E-state index is 6.24. The van der Waals surface area contributed by atoms with Crippen molar-refractivity contribution in [2.75, 3.05) is 0 Å². The zero-order valence-electron chi connectivity index (χ0n) is 16.9. The molecule has 0 atom stereocenters. The first-order valence-electron chi connectivity index (χ1n) is 9.95. The van der Waals surface area contributed by atoms with Crippen LogP contribution in [0.1, 0.15) is 27.7 Å². The summed E-state index contributed by atoms with van der Waals surface area (Å²) in [4.78, 5) is 0. The molecule has 0 spiro atoms. The van der Waals surface area contributed by atoms with Crippen molar-refractivity contribution in [3.8, 4) is 0 Å². The van der Waals surface area contributed by atoms with E-state index in [1.54, 1.807) is 0 Å². The zero-order valence-corrected chi connectivity index (χ0v) is 16.9. The van der Waals surface area contributed by atoms with E-state index in [1.165, 1.54) is 0 Å². The van der Waals surface area contributed by atoms with E-state index in [0.717, 1.165) is 49.3 Å². The predicted molar refractivity (Wildman–Crippen MR) is 117 cm³/mol. The number of fused-ring (bicyclic) bond motifs is 6. The number of furan rings is 2. The van der Waals surface area contributed by atoms with Gasteiger partial charge in [0.05, 0.1) is 11.2 Å². The molecular formula is C24H21BO4. The molecule has 2 aromatic heterocycles. The second-order valence-corrected chi connectivity index (χ2v) is 8.89. The Kier molecular flexibility index (Phi) is 3.21. The molecule has 0 saturated carbocycles. The minimum Gasteiger partial charge on any atom is -0.456 e. The molecule has 1 aliphatic heterocycles. The number of hydrogen-bond acceptors (Lipinski definition) is 4. The van der Waals surface area contributed by atoms with Gasteiger partial charge in [-0.05, 0) is 51.4 Å². The molecule has 0 bridgehead atoms. The molecule has 5 aromatic rings. The van der Waals surface area contributed by atoms with Gasteiger partial charge in [0, 0.05) is 27.6 Å². The number of para-hydroxylation sites is 1. The quantitative estimate of drug-likeness (QED) is 0.344. The van der Waals surface area contributed by atoms with Crippen LogP contribution >= 0.6 is 0 Å². The molecule has 0 radical (unpaired) electrons. The van der Waals surface area contributed by atoms with E-state index in [9.17, 15) is 0 Å². The third-order valence-electron chi connectivity index (χ3n) is 6.52. The van der Waals surface area contributed by atoms with Gasteiger partial charge in [0.25, 0.3) is 0 Å². The van der Waals surface area contributed by atoms with E-state index in [0.29, 0.717) is 0 Å². The highest BCUT2D eigenvalue weighted by Crippen LogP contribution is 2.38. The summed E-state index contributed by atoms with van der Waals surface area (Å²) in [6, 6.07) is 18.4. The molecule has 0 unspecified atom stereocenters. The summed E-state index contributed by atoms with van der Waals surface area (Å²) >= 11 is 0. The number of hydrogen-bond donors (Lipinski definition) is 0. The summed E-state index contributed by atoms with van der Waals surface area (Å²) in [5.74, 6) is 0. The van der Waals surface area contributed by atoms with Crippen LogP contribution in [0.15, 0.2) is 63.4 Å². The predicted octanol–water partition coefficient (Wildman–Crippen LogP) is 5.78. The van der Waals surface area contributed by atoms with Gasteiger partial charge in [-0.2, -0.15) is 0 Å². The first kappa shape index (κ1) is 17.1. The lowest BCUT2D eigenvalue weighted by Gasteiger charge is -2.32. The second kappa shape index (κ2) is 5.44. The van der Waals surface area contributed by atoms with Crippen molar-refractivity contribution in [1.29, 1.82) is 0 Å². The van der Waals surface area contributed by atoms with Crippen molar-refractivity contribution in [2.24, 2.45) is 0 Å². The second-order valence-electron chi connectivity index (χ2n) is 8.89. The molecule has 3 aromatic carbocycles. The lowest BCUT2D eigenvalue weighted by atomic mass is 9.78. The van der Waals surface area contributed by atoms with Crippen LogP contribution in [-0.2, 0) is 9.31 Å². The third kappa shape index (κ3) is 2.35. The summed E-state index contributed by atoms with van der Waals surface area (Å²) in [6.45, 7) is 8.28. The van der Waals surface area contributed by atoms with Crippen LogP contribution in [0.25, 0.3) is 43.9 Å². The monoisotopic (exact) mass is 384 g/mol. The summed E-state index contributed by atoms with van der Waals surface area (Å²) in [6.07, 6.45) is 0. The third-order valence-corrected chi connectivity index (χ3v) is 6.52. The van der Waals surface area contributed by atoms with Gasteiger partial charge in [-0.25, -0.2) is 0 Å². The summed E-state index contributed by atoms with van der Waals surface area (Å²) in [5, 5.41) is 4.33. The molecule has 5 heteroatoms. The standard InChI is InChI=1S/C24H21BO4/c1-23(2)24(3,4)29-25(28-23)14-9-10-20-16(11-14)18-12-17-15-7-5-6-8-19(15)26-21(17)13-22(18)27-20/h5-13H,1-4H3. The molecule has 0 amide bonds. The molecule has 1 fully saturated rings. The molecule has 29 heavy (non-hydrogen) atoms. The van der Waals surface area contributed by atoms with Crippen LogP contribution in [0.2, 0.25) is 0 Å². The van der Waals surface area contributed by atoms with Crippen molar-refractivity contribution in [1.82, 2.24) is 0 Å². The Hall–Kier alpha value is -2.76. The SMILES string of the molecule is CC1(C)OB(c2ccc3oc4cc5oc6ccccc6c5cc4c3c2)OC1(C)C. The van der Waals surface area contributed by atoms with E-state index in [-0.39, 0.29) is 11.2 Å². The van der Waals surface area contributed by atoms with Gasteiger partial charge in [-0.1, -0.05) is 30.3 Å². The molecule has 4 nitrogen and oxygen atoms in total. The fourth-order valence-electron chi connectivity index (χ4n) is 4.14. The van der Waals surface area contributed by atoms with E-state index >= 15 is 0 Å². The maximum atomic E-state index is 6.24. The fraction of sp³-hybridized carbons (Fsp3) is 0.250. The Bertz CT molecular complexity index is 1410. The van der Waals surface area contributed by atoms with E-state index in [4.69, 9.17) is 18.1 Å². The average Bonchev–Trinajstić information content (AvgIpc) is 3.28. The molecule has 1 aliphatic rings. The number of benzene rings is 3. The van der Waals surface area contributed by atoms with E-state index in [2.05, 4.69) is 45.9 Å². The first-order valence-corrected chi connectivity index (χ1v) is 9.95. The van der Waals surface area contributed by atoms with E-state index < -0.39 is 7.12 Å². The zero-order chi connectivity index (χ0) is 20.0. The minimum absolute atomic E-state index is 0.368. The van der Waals surface area contributed by atoms with Gasteiger partial charge in [-0.15, -0.1) is 0 Å². The smallest absolute Gasteiger partial charge is 0.456 e. The van der Waals surface area contributed by atoms with Crippen molar-refractivity contribution >= 4 is 56.5 Å². The van der Waals surface area contributed by atoms with Gasteiger partial charge in [0.1, 0.15) is 22.3 Å². The van der Waals surface area contributed by atoms with Crippen molar-refractivity contribution in [2.45, 2.75) is 38.9 Å². The van der Waals surface area contributed by atoms with Crippen LogP contribution in [-0.4, -0.2) is 18.3 Å². The molecule has 6 rings (SSSR count). The van der Waals surface area contributed by atoms with Gasteiger partial charge < -0.3 is 18.1 Å². The number of rotatable bonds is 1. The van der Waals surface area contributed by atoms with Gasteiger partial charge in [0.2, 0.25) is 0 Å². The highest BCUT2D eigenvalue weighted by molar-refractivity contribution is 6.62. The molecule has 0 aliphatic carbocycles. The van der Waals surface area contributed by atoms with Crippen molar-refractivity contribution < 1.29 is 18.1 Å². The summed E-state index contributed by atoms with van der Waals surface area (Å²) in [7, 11) is -0.396. The van der Waals surface area contributed by atoms with Crippen LogP contribution in [0, 0.1) is 0 Å². The van der Waals surface area contributed by atoms with Crippen LogP contribution in [0.3, 0.4) is 0 Å². The molecular weight excluding hydrogens is 363 g/mol. The minimum atomic E-state index is -0.396. The largest absolute Gasteiger partial charge is 0.494 e.